The van der Waals surface area contributed by atoms with Crippen molar-refractivity contribution in [2.24, 2.45) is 5.41 Å². The number of rotatable bonds is 5. The first kappa shape index (κ1) is 23.5. The molecule has 0 bridgehead atoms. The van der Waals surface area contributed by atoms with Crippen LogP contribution in [0.5, 0.6) is 11.5 Å². The van der Waals surface area contributed by atoms with E-state index in [1.165, 1.54) is 24.3 Å². The lowest BCUT2D eigenvalue weighted by atomic mass is 9.68. The molecule has 0 fully saturated rings. The van der Waals surface area contributed by atoms with Gasteiger partial charge in [-0.15, -0.1) is 0 Å². The molecule has 2 N–H and O–H groups in total. The Morgan fingerprint density at radius 2 is 1.79 bits per heavy atom. The number of amides is 1. The van der Waals surface area contributed by atoms with E-state index >= 15 is 0 Å². The second-order valence-corrected chi connectivity index (χ2v) is 9.50. The van der Waals surface area contributed by atoms with E-state index in [1.54, 1.807) is 26.4 Å². The van der Waals surface area contributed by atoms with Crippen LogP contribution in [-0.4, -0.2) is 25.9 Å². The van der Waals surface area contributed by atoms with Gasteiger partial charge < -0.3 is 20.1 Å². The summed E-state index contributed by atoms with van der Waals surface area (Å²) < 4.78 is 24.5. The fraction of sp³-hybridized carbons (Fsp3) is 0.333. The lowest BCUT2D eigenvalue weighted by Gasteiger charge is -2.40. The van der Waals surface area contributed by atoms with Crippen molar-refractivity contribution < 1.29 is 23.5 Å². The van der Waals surface area contributed by atoms with Gasteiger partial charge in [-0.3, -0.25) is 9.59 Å². The van der Waals surface area contributed by atoms with Gasteiger partial charge in [-0.05, 0) is 61.2 Å². The fourth-order valence-electron chi connectivity index (χ4n) is 4.84. The summed E-state index contributed by atoms with van der Waals surface area (Å²) >= 11 is 0. The fourth-order valence-corrected chi connectivity index (χ4v) is 4.84. The molecule has 0 spiro atoms. The molecule has 34 heavy (non-hydrogen) atoms. The van der Waals surface area contributed by atoms with Crippen LogP contribution in [0, 0.1) is 11.2 Å². The molecule has 2 aliphatic rings. The Bertz CT molecular complexity index is 1210. The Kier molecular flexibility index (Phi) is 6.21. The highest BCUT2D eigenvalue weighted by atomic mass is 19.1. The highest BCUT2D eigenvalue weighted by Crippen LogP contribution is 2.49. The molecule has 4 rings (SSSR count). The van der Waals surface area contributed by atoms with Crippen molar-refractivity contribution in [2.45, 2.75) is 39.5 Å². The maximum absolute atomic E-state index is 13.6. The number of benzene rings is 2. The second kappa shape index (κ2) is 8.97. The van der Waals surface area contributed by atoms with Gasteiger partial charge in [-0.2, -0.15) is 0 Å². The van der Waals surface area contributed by atoms with Crippen LogP contribution >= 0.6 is 0 Å². The van der Waals surface area contributed by atoms with Crippen LogP contribution in [0.4, 0.5) is 10.1 Å². The first-order chi connectivity index (χ1) is 16.1. The molecule has 0 radical (unpaired) electrons. The maximum atomic E-state index is 13.6. The van der Waals surface area contributed by atoms with Crippen LogP contribution in [0.2, 0.25) is 0 Å². The summed E-state index contributed by atoms with van der Waals surface area (Å²) in [5.74, 6) is -0.278. The van der Waals surface area contributed by atoms with Gasteiger partial charge in [0.25, 0.3) is 5.91 Å². The van der Waals surface area contributed by atoms with E-state index in [0.717, 1.165) is 5.70 Å². The summed E-state index contributed by atoms with van der Waals surface area (Å²) in [7, 11) is 3.12. The Morgan fingerprint density at radius 1 is 1.09 bits per heavy atom. The van der Waals surface area contributed by atoms with Gasteiger partial charge in [0, 0.05) is 40.2 Å². The zero-order valence-corrected chi connectivity index (χ0v) is 20.0. The van der Waals surface area contributed by atoms with Gasteiger partial charge >= 0.3 is 0 Å². The third-order valence-electron chi connectivity index (χ3n) is 6.33. The molecule has 0 saturated carbocycles. The number of hydrogen-bond donors (Lipinski definition) is 2. The Hall–Kier alpha value is -3.61. The number of anilines is 1. The summed E-state index contributed by atoms with van der Waals surface area (Å²) in [6.07, 6.45) is 1.06. The topological polar surface area (TPSA) is 76.7 Å². The first-order valence-corrected chi connectivity index (χ1v) is 11.2. The smallest absolute Gasteiger partial charge is 0.254 e. The average Bonchev–Trinajstić information content (AvgIpc) is 2.78. The van der Waals surface area contributed by atoms with Gasteiger partial charge in [0.15, 0.2) is 5.78 Å². The summed E-state index contributed by atoms with van der Waals surface area (Å²) in [6.45, 7) is 5.95. The third-order valence-corrected chi connectivity index (χ3v) is 6.33. The predicted octanol–water partition coefficient (Wildman–Crippen LogP) is 5.09. The molecule has 178 valence electrons. The number of halogens is 1. The second-order valence-electron chi connectivity index (χ2n) is 9.50. The predicted molar refractivity (Wildman–Crippen MR) is 128 cm³/mol. The summed E-state index contributed by atoms with van der Waals surface area (Å²) in [5.41, 5.74) is 3.39. The van der Waals surface area contributed by atoms with E-state index in [9.17, 15) is 14.0 Å². The van der Waals surface area contributed by atoms with Crippen molar-refractivity contribution in [2.75, 3.05) is 19.5 Å². The molecule has 2 aromatic carbocycles. The molecule has 1 atom stereocenters. The van der Waals surface area contributed by atoms with Gasteiger partial charge in [-0.25, -0.2) is 4.39 Å². The largest absolute Gasteiger partial charge is 0.497 e. The molecule has 1 aliphatic heterocycles. The number of carbonyl (C=O) groups is 2. The summed E-state index contributed by atoms with van der Waals surface area (Å²) in [5, 5.41) is 6.19. The van der Waals surface area contributed by atoms with Crippen LogP contribution in [0.25, 0.3) is 0 Å². The highest BCUT2D eigenvalue weighted by Gasteiger charge is 2.43. The lowest BCUT2D eigenvalue weighted by Crippen LogP contribution is -2.39. The Labute approximate surface area is 198 Å². The number of ketones is 1. The van der Waals surface area contributed by atoms with Crippen LogP contribution in [0.1, 0.15) is 45.1 Å². The average molecular weight is 465 g/mol. The minimum atomic E-state index is -0.648. The van der Waals surface area contributed by atoms with E-state index < -0.39 is 11.7 Å². The standard InChI is InChI=1S/C27H29FN2O4/c1-15-23(26(32)30-17-8-6-16(28)7-9-17)24(19-12-18(33-4)10-11-22(19)34-5)25-20(29-15)13-27(2,3)14-21(25)31/h6-12,24,29H,13-14H2,1-5H3,(H,30,32)/t24-/m0/s1. The molecule has 1 amide bonds. The van der Waals surface area contributed by atoms with Crippen molar-refractivity contribution in [3.8, 4) is 11.5 Å². The van der Waals surface area contributed by atoms with Gasteiger partial charge in [0.05, 0.1) is 20.1 Å². The number of hydrogen-bond acceptors (Lipinski definition) is 5. The zero-order valence-electron chi connectivity index (χ0n) is 20.0. The third kappa shape index (κ3) is 4.42. The van der Waals surface area contributed by atoms with Crippen LogP contribution in [0.3, 0.4) is 0 Å². The van der Waals surface area contributed by atoms with Gasteiger partial charge in [-0.1, -0.05) is 13.8 Å². The molecule has 0 aromatic heterocycles. The molecule has 1 heterocycles. The molecule has 6 nitrogen and oxygen atoms in total. The van der Waals surface area contributed by atoms with Crippen LogP contribution in [0.15, 0.2) is 65.0 Å². The monoisotopic (exact) mass is 464 g/mol. The number of dihydropyridines is 1. The van der Waals surface area contributed by atoms with Crippen molar-refractivity contribution >= 4 is 17.4 Å². The number of carbonyl (C=O) groups excluding carboxylic acids is 2. The molecular formula is C27H29FN2O4. The Morgan fingerprint density at radius 3 is 2.44 bits per heavy atom. The molecule has 0 unspecified atom stereocenters. The Balaban J connectivity index is 1.87. The molecular weight excluding hydrogens is 435 g/mol. The van der Waals surface area contributed by atoms with E-state index in [4.69, 9.17) is 9.47 Å². The van der Waals surface area contributed by atoms with E-state index in [0.29, 0.717) is 52.4 Å². The number of ether oxygens (including phenoxy) is 2. The minimum absolute atomic E-state index is 0.00629. The van der Waals surface area contributed by atoms with Crippen molar-refractivity contribution in [3.63, 3.8) is 0 Å². The normalized spacial score (nSPS) is 19.4. The molecule has 1 aliphatic carbocycles. The number of methoxy groups -OCH3 is 2. The van der Waals surface area contributed by atoms with Crippen molar-refractivity contribution in [3.05, 3.63) is 76.4 Å². The van der Waals surface area contributed by atoms with Crippen LogP contribution in [-0.2, 0) is 9.59 Å². The zero-order chi connectivity index (χ0) is 24.6. The van der Waals surface area contributed by atoms with E-state index in [-0.39, 0.29) is 17.1 Å². The maximum Gasteiger partial charge on any atom is 0.254 e. The number of allylic oxidation sites excluding steroid dienone is 3. The van der Waals surface area contributed by atoms with Crippen LogP contribution < -0.4 is 20.1 Å². The lowest BCUT2D eigenvalue weighted by molar-refractivity contribution is -0.118. The van der Waals surface area contributed by atoms with Gasteiger partial charge in [0.1, 0.15) is 17.3 Å². The van der Waals surface area contributed by atoms with Crippen molar-refractivity contribution in [1.82, 2.24) is 5.32 Å². The van der Waals surface area contributed by atoms with E-state index in [2.05, 4.69) is 24.5 Å². The van der Waals surface area contributed by atoms with Gasteiger partial charge in [0.2, 0.25) is 0 Å². The molecule has 2 aromatic rings. The first-order valence-electron chi connectivity index (χ1n) is 11.2. The van der Waals surface area contributed by atoms with E-state index in [1.807, 2.05) is 13.0 Å². The summed E-state index contributed by atoms with van der Waals surface area (Å²) in [6, 6.07) is 10.9. The minimum Gasteiger partial charge on any atom is -0.497 e. The quantitative estimate of drug-likeness (QED) is 0.645. The number of nitrogens with one attached hydrogen (secondary N) is 2. The summed E-state index contributed by atoms with van der Waals surface area (Å²) in [4.78, 5) is 27.1. The van der Waals surface area contributed by atoms with Crippen molar-refractivity contribution in [1.29, 1.82) is 0 Å². The molecule has 0 saturated heterocycles. The highest BCUT2D eigenvalue weighted by molar-refractivity contribution is 6.10. The molecule has 7 heteroatoms. The number of Topliss-reactive ketones (excluding diaryl/α,β-unsaturated/α-hetero) is 1. The SMILES string of the molecule is COc1ccc(OC)c([C@H]2C(C(=O)Nc3ccc(F)cc3)=C(C)NC3=C2C(=O)CC(C)(C)C3)c1.